The molecule has 2 heterocycles. The Balaban J connectivity index is 1.72. The van der Waals surface area contributed by atoms with Crippen molar-refractivity contribution in [2.75, 3.05) is 69.6 Å². The van der Waals surface area contributed by atoms with E-state index < -0.39 is 73.7 Å². The van der Waals surface area contributed by atoms with E-state index in [0.717, 1.165) is 11.8 Å². The van der Waals surface area contributed by atoms with Crippen molar-refractivity contribution in [3.63, 3.8) is 0 Å². The number of benzene rings is 2. The van der Waals surface area contributed by atoms with E-state index >= 15 is 0 Å². The molecule has 23 heteroatoms. The number of unbranched alkanes of at least 4 members (excludes halogenated alkanes) is 2. The molecule has 0 spiro atoms. The average molecular weight is 1020 g/mol. The SMILES string of the molecule is COCCOCCOCCC1(C)C(=CC=CC=CC=CC2=[N+](CCCS(=O)(=O)O)c3ccc(S(=O)(=O)[O-])cc3C2(C)CCCS(=O)(=O)O)N(CCCCCC(=O)O)c2ccc(S(=O)(=O)O)cc21. The second-order valence-corrected chi connectivity index (χ2v) is 22.5. The standard InChI is InChI=1S/C44H60N2O17S4/c1-43(21-12-30-64(49,50)51)36-32-34(66(55,56)57)17-19-38(36)46(24-13-31-65(52,53)54)40(43)14-8-5-4-6-9-15-41-44(2,22-25-62-28-29-63-27-26-61-3)37-33-35(67(58,59)60)18-20-39(37)45(41)23-11-7-10-16-42(47)48/h4-6,8-9,14-15,17-20,32-33H,7,10-13,16,21-31H2,1-3H3,(H4-,47,48,49,50,51,52,53,54,55,56,57,58,59,60). The van der Waals surface area contributed by atoms with E-state index in [1.165, 1.54) is 24.3 Å². The predicted octanol–water partition coefficient (Wildman–Crippen LogP) is 5.18. The number of hydrogen-bond donors (Lipinski definition) is 4. The molecule has 0 aromatic heterocycles. The van der Waals surface area contributed by atoms with Crippen molar-refractivity contribution in [1.29, 1.82) is 0 Å². The van der Waals surface area contributed by atoms with Crippen LogP contribution in [0.2, 0.25) is 0 Å². The fraction of sp³-hybridized carbons (Fsp3) is 0.500. The highest BCUT2D eigenvalue weighted by atomic mass is 32.2. The molecule has 2 aromatic rings. The van der Waals surface area contributed by atoms with Crippen molar-refractivity contribution in [2.24, 2.45) is 0 Å². The van der Waals surface area contributed by atoms with Crippen molar-refractivity contribution < 1.29 is 80.6 Å². The maximum atomic E-state index is 12.3. The fourth-order valence-corrected chi connectivity index (χ4v) is 10.4. The normalized spacial score (nSPS) is 19.7. The van der Waals surface area contributed by atoms with Crippen LogP contribution in [0.3, 0.4) is 0 Å². The van der Waals surface area contributed by atoms with Gasteiger partial charge in [-0.2, -0.15) is 29.8 Å². The Morgan fingerprint density at radius 1 is 0.716 bits per heavy atom. The lowest BCUT2D eigenvalue weighted by atomic mass is 9.76. The summed E-state index contributed by atoms with van der Waals surface area (Å²) in [5.74, 6) is -2.09. The van der Waals surface area contributed by atoms with Crippen LogP contribution in [-0.2, 0) is 70.3 Å². The molecular formula is C44H60N2O17S4. The van der Waals surface area contributed by atoms with Crippen molar-refractivity contribution >= 4 is 63.5 Å². The quantitative estimate of drug-likeness (QED) is 0.0353. The van der Waals surface area contributed by atoms with Crippen LogP contribution < -0.4 is 4.90 Å². The molecule has 2 unspecified atom stereocenters. The highest BCUT2D eigenvalue weighted by molar-refractivity contribution is 7.86. The van der Waals surface area contributed by atoms with Crippen LogP contribution in [0.25, 0.3) is 0 Å². The molecule has 0 bridgehead atoms. The van der Waals surface area contributed by atoms with E-state index in [4.69, 9.17) is 19.3 Å². The third-order valence-electron chi connectivity index (χ3n) is 11.6. The Morgan fingerprint density at radius 3 is 1.97 bits per heavy atom. The summed E-state index contributed by atoms with van der Waals surface area (Å²) in [6.07, 6.45) is 14.2. The van der Waals surface area contributed by atoms with Gasteiger partial charge < -0.3 is 28.8 Å². The van der Waals surface area contributed by atoms with Gasteiger partial charge in [-0.25, -0.2) is 8.42 Å². The Bertz CT molecular complexity index is 2690. The van der Waals surface area contributed by atoms with Crippen molar-refractivity contribution in [3.8, 4) is 0 Å². The first kappa shape index (κ1) is 55.5. The summed E-state index contributed by atoms with van der Waals surface area (Å²) in [7, 11) is -16.6. The number of hydrogen-bond acceptors (Lipinski definition) is 14. The molecule has 67 heavy (non-hydrogen) atoms. The first-order chi connectivity index (χ1) is 31.3. The topological polar surface area (TPSA) is 292 Å². The van der Waals surface area contributed by atoms with Gasteiger partial charge in [0, 0.05) is 67.6 Å². The van der Waals surface area contributed by atoms with Crippen LogP contribution in [-0.4, -0.2) is 138 Å². The fourth-order valence-electron chi connectivity index (χ4n) is 8.35. The van der Waals surface area contributed by atoms with Gasteiger partial charge >= 0.3 is 5.97 Å². The zero-order valence-corrected chi connectivity index (χ0v) is 40.9. The van der Waals surface area contributed by atoms with E-state index in [2.05, 4.69) is 0 Å². The number of carboxylic acid groups (broad SMARTS) is 1. The van der Waals surface area contributed by atoms with Gasteiger partial charge in [-0.1, -0.05) is 36.8 Å². The Hall–Kier alpha value is -4.14. The average Bonchev–Trinajstić information content (AvgIpc) is 3.59. The number of rotatable bonds is 29. The van der Waals surface area contributed by atoms with Gasteiger partial charge in [-0.3, -0.25) is 18.5 Å². The summed E-state index contributed by atoms with van der Waals surface area (Å²) in [6, 6.07) is 8.15. The summed E-state index contributed by atoms with van der Waals surface area (Å²) < 4.78 is 155. The number of aliphatic carboxylic acids is 1. The van der Waals surface area contributed by atoms with Crippen molar-refractivity contribution in [2.45, 2.75) is 85.8 Å². The van der Waals surface area contributed by atoms with Crippen LogP contribution in [0, 0.1) is 0 Å². The number of ether oxygens (including phenoxy) is 3. The lowest BCUT2D eigenvalue weighted by Gasteiger charge is -2.30. The first-order valence-corrected chi connectivity index (χ1v) is 27.5. The molecular weight excluding hydrogens is 957 g/mol. The highest BCUT2D eigenvalue weighted by Gasteiger charge is 2.48. The largest absolute Gasteiger partial charge is 0.744 e. The summed E-state index contributed by atoms with van der Waals surface area (Å²) in [5, 5.41) is 9.16. The van der Waals surface area contributed by atoms with Crippen LogP contribution in [0.15, 0.2) is 94.4 Å². The lowest BCUT2D eigenvalue weighted by molar-refractivity contribution is -0.437. The highest BCUT2D eigenvalue weighted by Crippen LogP contribution is 2.51. The molecule has 2 aliphatic rings. The number of methoxy groups -OCH3 is 1. The Kier molecular flexibility index (Phi) is 19.8. The molecule has 0 saturated carbocycles. The van der Waals surface area contributed by atoms with Gasteiger partial charge in [0.05, 0.1) is 53.1 Å². The van der Waals surface area contributed by atoms with Crippen LogP contribution in [0.1, 0.15) is 76.3 Å². The molecule has 0 fully saturated rings. The van der Waals surface area contributed by atoms with Gasteiger partial charge in [0.25, 0.3) is 30.4 Å². The van der Waals surface area contributed by atoms with E-state index in [0.29, 0.717) is 86.9 Å². The molecule has 4 rings (SSSR count). The Labute approximate surface area is 393 Å². The molecule has 19 nitrogen and oxygen atoms in total. The number of anilines is 1. The van der Waals surface area contributed by atoms with E-state index in [1.54, 1.807) is 61.1 Å². The Morgan fingerprint density at radius 2 is 1.33 bits per heavy atom. The third-order valence-corrected chi connectivity index (χ3v) is 14.9. The minimum Gasteiger partial charge on any atom is -0.744 e. The molecule has 2 aliphatic heterocycles. The number of nitrogens with zero attached hydrogens (tertiary/aromatic N) is 2. The number of allylic oxidation sites excluding steroid dienone is 8. The maximum absolute atomic E-state index is 12.3. The minimum atomic E-state index is -4.92. The van der Waals surface area contributed by atoms with Gasteiger partial charge in [0.1, 0.15) is 16.7 Å². The summed E-state index contributed by atoms with van der Waals surface area (Å²) in [4.78, 5) is 12.4. The molecule has 0 aliphatic carbocycles. The van der Waals surface area contributed by atoms with Gasteiger partial charge in [0.2, 0.25) is 5.69 Å². The van der Waals surface area contributed by atoms with Crippen LogP contribution >= 0.6 is 0 Å². The second-order valence-electron chi connectivity index (χ2n) is 16.5. The molecule has 0 radical (unpaired) electrons. The minimum absolute atomic E-state index is 0.0169. The first-order valence-electron chi connectivity index (χ1n) is 21.5. The summed E-state index contributed by atoms with van der Waals surface area (Å²) >= 11 is 0. The van der Waals surface area contributed by atoms with Crippen LogP contribution in [0.4, 0.5) is 11.4 Å². The number of carbonyl (C=O) groups is 1. The zero-order chi connectivity index (χ0) is 49.7. The number of carboxylic acids is 1. The maximum Gasteiger partial charge on any atom is 0.303 e. The smallest absolute Gasteiger partial charge is 0.303 e. The monoisotopic (exact) mass is 1020 g/mol. The summed E-state index contributed by atoms with van der Waals surface area (Å²) in [5.41, 5.74) is 1.45. The second kappa shape index (κ2) is 23.9. The summed E-state index contributed by atoms with van der Waals surface area (Å²) in [6.45, 7) is 5.87. The molecule has 372 valence electrons. The van der Waals surface area contributed by atoms with E-state index in [9.17, 15) is 56.7 Å². The third kappa shape index (κ3) is 16.0. The van der Waals surface area contributed by atoms with Crippen molar-refractivity contribution in [3.05, 3.63) is 95.8 Å². The van der Waals surface area contributed by atoms with Gasteiger partial charge in [-0.15, -0.1) is 0 Å². The predicted molar refractivity (Wildman–Crippen MR) is 249 cm³/mol. The molecule has 0 amide bonds. The number of fused-ring (bicyclic) bond motifs is 2. The van der Waals surface area contributed by atoms with Crippen LogP contribution in [0.5, 0.6) is 0 Å². The zero-order valence-electron chi connectivity index (χ0n) is 37.6. The van der Waals surface area contributed by atoms with Crippen molar-refractivity contribution in [1.82, 2.24) is 0 Å². The van der Waals surface area contributed by atoms with Gasteiger partial charge in [0.15, 0.2) is 5.71 Å². The van der Waals surface area contributed by atoms with E-state index in [1.807, 2.05) is 17.9 Å². The molecule has 2 atom stereocenters. The molecule has 4 N–H and O–H groups in total. The van der Waals surface area contributed by atoms with E-state index in [-0.39, 0.29) is 43.7 Å². The molecule has 0 saturated heterocycles. The lowest BCUT2D eigenvalue weighted by Crippen LogP contribution is -2.32. The molecule has 2 aromatic carbocycles. The van der Waals surface area contributed by atoms with Gasteiger partial charge in [-0.05, 0) is 87.9 Å².